The first-order chi connectivity index (χ1) is 10.3. The Bertz CT molecular complexity index is 459. The van der Waals surface area contributed by atoms with Crippen LogP contribution in [0.4, 0.5) is 5.82 Å². The van der Waals surface area contributed by atoms with Crippen molar-refractivity contribution in [2.45, 2.75) is 56.6 Å². The number of rotatable bonds is 3. The van der Waals surface area contributed by atoms with Gasteiger partial charge in [-0.1, -0.05) is 12.8 Å². The Labute approximate surface area is 126 Å². The standard InChI is InChI=1S/C16H26N4O/c1-17-16-15(18-8-9-19-16)12-6-10-20(11-7-12)13-4-2-3-5-14(13)21/h8-9,12-14,21H,2-7,10-11H2,1H3,(H,17,19)/t13-,14+/m0/s1. The van der Waals surface area contributed by atoms with E-state index >= 15 is 0 Å². The SMILES string of the molecule is CNc1nccnc1C1CCN([C@H]2CCCC[C@H]2O)CC1. The van der Waals surface area contributed by atoms with Crippen molar-refractivity contribution in [3.05, 3.63) is 18.1 Å². The van der Waals surface area contributed by atoms with Crippen LogP contribution in [0.3, 0.4) is 0 Å². The van der Waals surface area contributed by atoms with Crippen LogP contribution >= 0.6 is 0 Å². The minimum absolute atomic E-state index is 0.125. The second-order valence-electron chi connectivity index (χ2n) is 6.27. The van der Waals surface area contributed by atoms with Gasteiger partial charge in [-0.25, -0.2) is 4.98 Å². The van der Waals surface area contributed by atoms with Crippen molar-refractivity contribution >= 4 is 5.82 Å². The van der Waals surface area contributed by atoms with E-state index in [9.17, 15) is 5.11 Å². The first-order valence-corrected chi connectivity index (χ1v) is 8.20. The summed E-state index contributed by atoms with van der Waals surface area (Å²) in [4.78, 5) is 11.4. The molecule has 2 heterocycles. The highest BCUT2D eigenvalue weighted by atomic mass is 16.3. The number of hydrogen-bond acceptors (Lipinski definition) is 5. The number of anilines is 1. The van der Waals surface area contributed by atoms with E-state index in [1.807, 2.05) is 7.05 Å². The van der Waals surface area contributed by atoms with Crippen LogP contribution in [-0.4, -0.2) is 52.3 Å². The Morgan fingerprint density at radius 2 is 1.81 bits per heavy atom. The maximum absolute atomic E-state index is 10.2. The fourth-order valence-corrected chi connectivity index (χ4v) is 3.86. The van der Waals surface area contributed by atoms with Crippen LogP contribution in [0.5, 0.6) is 0 Å². The molecule has 0 bridgehead atoms. The average Bonchev–Trinajstić information content (AvgIpc) is 2.55. The van der Waals surface area contributed by atoms with E-state index in [2.05, 4.69) is 20.2 Å². The van der Waals surface area contributed by atoms with Gasteiger partial charge in [-0.15, -0.1) is 0 Å². The van der Waals surface area contributed by atoms with E-state index in [0.717, 1.165) is 50.3 Å². The van der Waals surface area contributed by atoms with Gasteiger partial charge in [-0.3, -0.25) is 9.88 Å². The molecule has 21 heavy (non-hydrogen) atoms. The number of aromatic nitrogens is 2. The van der Waals surface area contributed by atoms with Gasteiger partial charge in [0.25, 0.3) is 0 Å². The molecule has 116 valence electrons. The van der Waals surface area contributed by atoms with Crippen molar-refractivity contribution in [1.82, 2.24) is 14.9 Å². The van der Waals surface area contributed by atoms with Crippen LogP contribution in [0.1, 0.15) is 50.1 Å². The third kappa shape index (κ3) is 3.19. The van der Waals surface area contributed by atoms with E-state index < -0.39 is 0 Å². The summed E-state index contributed by atoms with van der Waals surface area (Å²) in [6.07, 6.45) is 10.2. The van der Waals surface area contributed by atoms with Crippen LogP contribution in [0, 0.1) is 0 Å². The van der Waals surface area contributed by atoms with Crippen LogP contribution in [0.2, 0.25) is 0 Å². The lowest BCUT2D eigenvalue weighted by molar-refractivity contribution is 0.00855. The first-order valence-electron chi connectivity index (χ1n) is 8.20. The van der Waals surface area contributed by atoms with Gasteiger partial charge in [0.1, 0.15) is 5.82 Å². The van der Waals surface area contributed by atoms with E-state index in [-0.39, 0.29) is 6.10 Å². The second-order valence-corrected chi connectivity index (χ2v) is 6.27. The molecule has 2 atom stereocenters. The summed E-state index contributed by atoms with van der Waals surface area (Å²) in [5, 5.41) is 13.4. The molecular formula is C16H26N4O. The van der Waals surface area contributed by atoms with Gasteiger partial charge in [-0.2, -0.15) is 0 Å². The molecule has 0 radical (unpaired) electrons. The fraction of sp³-hybridized carbons (Fsp3) is 0.750. The predicted molar refractivity (Wildman–Crippen MR) is 83.4 cm³/mol. The minimum atomic E-state index is -0.125. The summed E-state index contributed by atoms with van der Waals surface area (Å²) in [7, 11) is 1.90. The molecule has 2 N–H and O–H groups in total. The van der Waals surface area contributed by atoms with Crippen molar-refractivity contribution in [3.63, 3.8) is 0 Å². The van der Waals surface area contributed by atoms with Gasteiger partial charge in [-0.05, 0) is 38.8 Å². The highest BCUT2D eigenvalue weighted by molar-refractivity contribution is 5.40. The lowest BCUT2D eigenvalue weighted by Gasteiger charge is -2.41. The van der Waals surface area contributed by atoms with E-state index in [4.69, 9.17) is 0 Å². The van der Waals surface area contributed by atoms with Crippen molar-refractivity contribution in [3.8, 4) is 0 Å². The molecule has 1 aromatic heterocycles. The molecule has 2 fully saturated rings. The maximum Gasteiger partial charge on any atom is 0.147 e. The van der Waals surface area contributed by atoms with Gasteiger partial charge in [0, 0.05) is 31.4 Å². The van der Waals surface area contributed by atoms with Gasteiger partial charge in [0.15, 0.2) is 0 Å². The van der Waals surface area contributed by atoms with E-state index in [1.165, 1.54) is 12.8 Å². The zero-order valence-electron chi connectivity index (χ0n) is 12.8. The number of likely N-dealkylation sites (tertiary alicyclic amines) is 1. The maximum atomic E-state index is 10.2. The van der Waals surface area contributed by atoms with Gasteiger partial charge < -0.3 is 10.4 Å². The van der Waals surface area contributed by atoms with Crippen LogP contribution in [-0.2, 0) is 0 Å². The lowest BCUT2D eigenvalue weighted by atomic mass is 9.87. The topological polar surface area (TPSA) is 61.3 Å². The Morgan fingerprint density at radius 3 is 2.52 bits per heavy atom. The summed E-state index contributed by atoms with van der Waals surface area (Å²) in [6.45, 7) is 2.12. The lowest BCUT2D eigenvalue weighted by Crippen LogP contribution is -2.48. The molecule has 1 aromatic rings. The Kier molecular flexibility index (Phi) is 4.70. The van der Waals surface area contributed by atoms with Gasteiger partial charge in [0.05, 0.1) is 11.8 Å². The Morgan fingerprint density at radius 1 is 1.10 bits per heavy atom. The third-order valence-corrected chi connectivity index (χ3v) is 5.04. The molecule has 0 amide bonds. The normalized spacial score (nSPS) is 28.5. The third-order valence-electron chi connectivity index (χ3n) is 5.04. The summed E-state index contributed by atoms with van der Waals surface area (Å²) < 4.78 is 0. The predicted octanol–water partition coefficient (Wildman–Crippen LogP) is 2.00. The molecule has 5 nitrogen and oxygen atoms in total. The molecule has 5 heteroatoms. The van der Waals surface area contributed by atoms with Crippen LogP contribution in [0.25, 0.3) is 0 Å². The smallest absolute Gasteiger partial charge is 0.147 e. The quantitative estimate of drug-likeness (QED) is 0.891. The molecule has 0 unspecified atom stereocenters. The van der Waals surface area contributed by atoms with Crippen molar-refractivity contribution in [2.75, 3.05) is 25.5 Å². The number of hydrogen-bond donors (Lipinski definition) is 2. The van der Waals surface area contributed by atoms with Crippen molar-refractivity contribution in [2.24, 2.45) is 0 Å². The Balaban J connectivity index is 1.62. The highest BCUT2D eigenvalue weighted by Gasteiger charge is 2.32. The van der Waals surface area contributed by atoms with Crippen molar-refractivity contribution < 1.29 is 5.11 Å². The number of nitrogens with zero attached hydrogens (tertiary/aromatic N) is 3. The largest absolute Gasteiger partial charge is 0.391 e. The average molecular weight is 290 g/mol. The van der Waals surface area contributed by atoms with Crippen molar-refractivity contribution in [1.29, 1.82) is 0 Å². The molecule has 1 aliphatic heterocycles. The first kappa shape index (κ1) is 14.7. The number of aliphatic hydroxyl groups excluding tert-OH is 1. The second kappa shape index (κ2) is 6.71. The Hall–Kier alpha value is -1.20. The van der Waals surface area contributed by atoms with Gasteiger partial charge >= 0.3 is 0 Å². The molecule has 3 rings (SSSR count). The van der Waals surface area contributed by atoms with Crippen LogP contribution in [0.15, 0.2) is 12.4 Å². The monoisotopic (exact) mass is 290 g/mol. The van der Waals surface area contributed by atoms with E-state index in [0.29, 0.717) is 12.0 Å². The molecule has 1 aliphatic carbocycles. The summed E-state index contributed by atoms with van der Waals surface area (Å²) in [6, 6.07) is 0.380. The zero-order chi connectivity index (χ0) is 14.7. The fourth-order valence-electron chi connectivity index (χ4n) is 3.86. The molecule has 0 spiro atoms. The molecule has 1 saturated carbocycles. The highest BCUT2D eigenvalue weighted by Crippen LogP contribution is 2.33. The molecule has 0 aromatic carbocycles. The zero-order valence-corrected chi connectivity index (χ0v) is 12.8. The van der Waals surface area contributed by atoms with E-state index in [1.54, 1.807) is 12.4 Å². The summed E-state index contributed by atoms with van der Waals surface area (Å²) >= 11 is 0. The number of piperidine rings is 1. The molecule has 1 saturated heterocycles. The number of nitrogens with one attached hydrogen (secondary N) is 1. The number of aliphatic hydroxyl groups is 1. The minimum Gasteiger partial charge on any atom is -0.391 e. The summed E-state index contributed by atoms with van der Waals surface area (Å²) in [5.41, 5.74) is 1.10. The molecule has 2 aliphatic rings. The summed E-state index contributed by atoms with van der Waals surface area (Å²) in [5.74, 6) is 1.40. The van der Waals surface area contributed by atoms with Crippen LogP contribution < -0.4 is 5.32 Å². The van der Waals surface area contributed by atoms with Gasteiger partial charge in [0.2, 0.25) is 0 Å². The molecular weight excluding hydrogens is 264 g/mol.